The fourth-order valence-electron chi connectivity index (χ4n) is 1.54. The van der Waals surface area contributed by atoms with Gasteiger partial charge in [-0.3, -0.25) is 4.79 Å². The molecule has 0 aliphatic carbocycles. The molecule has 0 fully saturated rings. The summed E-state index contributed by atoms with van der Waals surface area (Å²) in [5.74, 6) is -1.25. The molecule has 0 saturated carbocycles. The molecule has 8 heteroatoms. The average Bonchev–Trinajstić information content (AvgIpc) is 2.42. The first-order valence-electron chi connectivity index (χ1n) is 6.00. The van der Waals surface area contributed by atoms with Gasteiger partial charge in [-0.2, -0.15) is 0 Å². The largest absolute Gasteiger partial charge is 0.462 e. The fourth-order valence-corrected chi connectivity index (χ4v) is 2.35. The number of carbonyl (C=O) groups excluding carboxylic acids is 1. The first-order valence-corrected chi connectivity index (χ1v) is 6.82. The molecule has 0 aliphatic rings. The zero-order chi connectivity index (χ0) is 15.4. The van der Waals surface area contributed by atoms with Gasteiger partial charge in [-0.25, -0.2) is 14.2 Å². The third-order valence-electron chi connectivity index (χ3n) is 2.45. The van der Waals surface area contributed by atoms with Crippen molar-refractivity contribution in [1.82, 2.24) is 9.97 Å². The number of nitrogens with one attached hydrogen (secondary N) is 1. The number of anilines is 1. The van der Waals surface area contributed by atoms with Crippen LogP contribution in [0.1, 0.15) is 17.3 Å². The van der Waals surface area contributed by atoms with Gasteiger partial charge in [0, 0.05) is 18.0 Å². The van der Waals surface area contributed by atoms with Crippen LogP contribution in [0.5, 0.6) is 0 Å². The molecule has 1 heterocycles. The lowest BCUT2D eigenvalue weighted by Gasteiger charge is -2.08. The number of aromatic nitrogens is 2. The minimum atomic E-state index is -0.633. The lowest BCUT2D eigenvalue weighted by atomic mass is 10.2. The Morgan fingerprint density at radius 2 is 2.29 bits per heavy atom. The second kappa shape index (κ2) is 6.40. The van der Waals surface area contributed by atoms with Crippen LogP contribution in [0.4, 0.5) is 10.1 Å². The summed E-state index contributed by atoms with van der Waals surface area (Å²) >= 11 is 0.882. The summed E-state index contributed by atoms with van der Waals surface area (Å²) in [6, 6.07) is 3.56. The Morgan fingerprint density at radius 3 is 2.95 bits per heavy atom. The van der Waals surface area contributed by atoms with Crippen molar-refractivity contribution in [3.05, 3.63) is 46.1 Å². The number of halogens is 1. The smallest absolute Gasteiger partial charge is 0.340 e. The molecule has 0 saturated heterocycles. The normalized spacial score (nSPS) is 10.4. The summed E-state index contributed by atoms with van der Waals surface area (Å²) in [7, 11) is 0. The topological polar surface area (TPSA) is 98.1 Å². The number of benzene rings is 1. The highest BCUT2D eigenvalue weighted by atomic mass is 32.2. The van der Waals surface area contributed by atoms with Crippen molar-refractivity contribution in [1.29, 1.82) is 0 Å². The van der Waals surface area contributed by atoms with Crippen LogP contribution >= 0.6 is 11.8 Å². The van der Waals surface area contributed by atoms with E-state index in [2.05, 4.69) is 9.97 Å². The second-order valence-electron chi connectivity index (χ2n) is 3.93. The molecule has 1 aromatic carbocycles. The predicted molar refractivity (Wildman–Crippen MR) is 75.7 cm³/mol. The Morgan fingerprint density at radius 1 is 1.52 bits per heavy atom. The molecule has 1 aromatic heterocycles. The van der Waals surface area contributed by atoms with Crippen molar-refractivity contribution < 1.29 is 13.9 Å². The maximum absolute atomic E-state index is 13.9. The van der Waals surface area contributed by atoms with E-state index in [-0.39, 0.29) is 33.5 Å². The molecule has 110 valence electrons. The molecule has 2 rings (SSSR count). The number of hydrogen-bond acceptors (Lipinski definition) is 6. The lowest BCUT2D eigenvalue weighted by molar-refractivity contribution is 0.0527. The summed E-state index contributed by atoms with van der Waals surface area (Å²) in [5.41, 5.74) is 5.32. The molecule has 0 atom stereocenters. The molecule has 0 aliphatic heterocycles. The van der Waals surface area contributed by atoms with E-state index in [4.69, 9.17) is 10.5 Å². The number of nitrogens with two attached hydrogens (primary N) is 1. The van der Waals surface area contributed by atoms with Crippen LogP contribution in [0.3, 0.4) is 0 Å². The minimum Gasteiger partial charge on any atom is -0.462 e. The van der Waals surface area contributed by atoms with Gasteiger partial charge in [0.15, 0.2) is 5.16 Å². The van der Waals surface area contributed by atoms with Gasteiger partial charge in [-0.1, -0.05) is 0 Å². The summed E-state index contributed by atoms with van der Waals surface area (Å²) in [4.78, 5) is 29.4. The standard InChI is InChI=1S/C13H12FN3O3S/c1-2-20-12(19)7-5-10(8(14)6-9(7)15)21-13-16-4-3-11(18)17-13/h3-6H,2,15H2,1H3,(H,16,17,18). The average molecular weight is 309 g/mol. The maximum atomic E-state index is 13.9. The minimum absolute atomic E-state index is 0.00943. The number of aromatic amines is 1. The Kier molecular flexibility index (Phi) is 4.59. The van der Waals surface area contributed by atoms with Crippen molar-refractivity contribution in [3.8, 4) is 0 Å². The zero-order valence-corrected chi connectivity index (χ0v) is 11.9. The zero-order valence-electron chi connectivity index (χ0n) is 11.1. The van der Waals surface area contributed by atoms with Crippen LogP contribution in [0.15, 0.2) is 39.2 Å². The van der Waals surface area contributed by atoms with Crippen LogP contribution in [-0.2, 0) is 4.74 Å². The van der Waals surface area contributed by atoms with Crippen LogP contribution in [0.25, 0.3) is 0 Å². The molecule has 3 N–H and O–H groups in total. The molecule has 0 bridgehead atoms. The highest BCUT2D eigenvalue weighted by Gasteiger charge is 2.16. The van der Waals surface area contributed by atoms with Crippen molar-refractivity contribution in [2.75, 3.05) is 12.3 Å². The number of esters is 1. The van der Waals surface area contributed by atoms with Gasteiger partial charge in [0.05, 0.1) is 17.1 Å². The van der Waals surface area contributed by atoms with Crippen molar-refractivity contribution in [3.63, 3.8) is 0 Å². The van der Waals surface area contributed by atoms with E-state index >= 15 is 0 Å². The van der Waals surface area contributed by atoms with E-state index in [0.717, 1.165) is 17.8 Å². The second-order valence-corrected chi connectivity index (χ2v) is 4.96. The fraction of sp³-hybridized carbons (Fsp3) is 0.154. The van der Waals surface area contributed by atoms with Crippen molar-refractivity contribution in [2.24, 2.45) is 0 Å². The van der Waals surface area contributed by atoms with Crippen LogP contribution in [0, 0.1) is 5.82 Å². The third kappa shape index (κ3) is 3.60. The monoisotopic (exact) mass is 309 g/mol. The van der Waals surface area contributed by atoms with E-state index < -0.39 is 11.8 Å². The Hall–Kier alpha value is -2.35. The Labute approximate surface area is 123 Å². The van der Waals surface area contributed by atoms with E-state index in [9.17, 15) is 14.0 Å². The Balaban J connectivity index is 2.37. The quantitative estimate of drug-likeness (QED) is 0.508. The molecular formula is C13H12FN3O3S. The Bertz CT molecular complexity index is 733. The molecule has 0 spiro atoms. The lowest BCUT2D eigenvalue weighted by Crippen LogP contribution is -2.09. The highest BCUT2D eigenvalue weighted by molar-refractivity contribution is 7.99. The van der Waals surface area contributed by atoms with Crippen LogP contribution in [-0.4, -0.2) is 22.5 Å². The van der Waals surface area contributed by atoms with E-state index in [1.807, 2.05) is 0 Å². The third-order valence-corrected chi connectivity index (χ3v) is 3.39. The number of ether oxygens (including phenoxy) is 1. The summed E-state index contributed by atoms with van der Waals surface area (Å²) in [6.07, 6.45) is 1.31. The highest BCUT2D eigenvalue weighted by Crippen LogP contribution is 2.30. The predicted octanol–water partition coefficient (Wildman–Crippen LogP) is 1.82. The van der Waals surface area contributed by atoms with Gasteiger partial charge in [-0.05, 0) is 30.8 Å². The maximum Gasteiger partial charge on any atom is 0.340 e. The van der Waals surface area contributed by atoms with E-state index in [1.165, 1.54) is 18.3 Å². The van der Waals surface area contributed by atoms with Crippen molar-refractivity contribution in [2.45, 2.75) is 17.0 Å². The first-order chi connectivity index (χ1) is 10.0. The van der Waals surface area contributed by atoms with E-state index in [0.29, 0.717) is 0 Å². The van der Waals surface area contributed by atoms with Gasteiger partial charge in [0.1, 0.15) is 5.82 Å². The van der Waals surface area contributed by atoms with Crippen LogP contribution < -0.4 is 11.3 Å². The van der Waals surface area contributed by atoms with Crippen molar-refractivity contribution >= 4 is 23.4 Å². The van der Waals surface area contributed by atoms with Gasteiger partial charge in [0.25, 0.3) is 5.56 Å². The van der Waals surface area contributed by atoms with Gasteiger partial charge in [0.2, 0.25) is 0 Å². The number of carbonyl (C=O) groups is 1. The molecule has 6 nitrogen and oxygen atoms in total. The summed E-state index contributed by atoms with van der Waals surface area (Å²) in [5, 5.41) is 0.209. The SMILES string of the molecule is CCOC(=O)c1cc(Sc2nccc(=O)[nH]2)c(F)cc1N. The molecule has 21 heavy (non-hydrogen) atoms. The molecular weight excluding hydrogens is 297 g/mol. The number of hydrogen-bond donors (Lipinski definition) is 2. The molecule has 0 amide bonds. The number of H-pyrrole nitrogens is 1. The summed E-state index contributed by atoms with van der Waals surface area (Å²) < 4.78 is 18.7. The van der Waals surface area contributed by atoms with Gasteiger partial charge in [-0.15, -0.1) is 0 Å². The van der Waals surface area contributed by atoms with Gasteiger partial charge < -0.3 is 15.5 Å². The van der Waals surface area contributed by atoms with Gasteiger partial charge >= 0.3 is 5.97 Å². The molecule has 0 unspecified atom stereocenters. The number of nitrogen functional groups attached to an aromatic ring is 1. The number of nitrogens with zero attached hydrogens (tertiary/aromatic N) is 1. The molecule has 2 aromatic rings. The number of rotatable bonds is 4. The molecule has 0 radical (unpaired) electrons. The summed E-state index contributed by atoms with van der Waals surface area (Å²) in [6.45, 7) is 1.84. The van der Waals surface area contributed by atoms with E-state index in [1.54, 1.807) is 6.92 Å². The van der Waals surface area contributed by atoms with Crippen LogP contribution in [0.2, 0.25) is 0 Å². The first kappa shape index (κ1) is 15.0.